The number of aliphatic hydroxyl groups excluding tert-OH is 3. The number of hydrogen-bond acceptors (Lipinski definition) is 14. The van der Waals surface area contributed by atoms with E-state index in [0.717, 1.165) is 12.3 Å². The van der Waals surface area contributed by atoms with Gasteiger partial charge in [-0.05, 0) is 54.0 Å². The van der Waals surface area contributed by atoms with Crippen LogP contribution in [0.5, 0.6) is 17.2 Å². The summed E-state index contributed by atoms with van der Waals surface area (Å²) in [6.45, 7) is 1.16. The second-order valence-electron chi connectivity index (χ2n) is 11.9. The number of esters is 2. The van der Waals surface area contributed by atoms with Crippen molar-refractivity contribution in [3.63, 3.8) is 0 Å². The van der Waals surface area contributed by atoms with Crippen LogP contribution in [0.25, 0.3) is 12.2 Å². The highest BCUT2D eigenvalue weighted by Crippen LogP contribution is 2.48. The molecule has 1 saturated carbocycles. The predicted octanol–water partition coefficient (Wildman–Crippen LogP) is 1.41. The minimum Gasteiger partial charge on any atom is -0.508 e. The van der Waals surface area contributed by atoms with Gasteiger partial charge in [-0.3, -0.25) is 0 Å². The lowest BCUT2D eigenvalue weighted by molar-refractivity contribution is -0.342. The molecule has 49 heavy (non-hydrogen) atoms. The third kappa shape index (κ3) is 8.21. The molecule has 2 aromatic carbocycles. The summed E-state index contributed by atoms with van der Waals surface area (Å²) in [7, 11) is 0. The van der Waals surface area contributed by atoms with E-state index in [1.54, 1.807) is 19.1 Å². The highest BCUT2D eigenvalue weighted by atomic mass is 16.8. The van der Waals surface area contributed by atoms with Crippen molar-refractivity contribution in [2.24, 2.45) is 17.8 Å². The molecule has 0 unspecified atom stereocenters. The van der Waals surface area contributed by atoms with Gasteiger partial charge in [0.05, 0.1) is 11.8 Å². The van der Waals surface area contributed by atoms with Crippen molar-refractivity contribution in [2.45, 2.75) is 56.4 Å². The molecule has 2 aromatic rings. The zero-order valence-electron chi connectivity index (χ0n) is 26.0. The molecule has 15 heteroatoms. The lowest BCUT2D eigenvalue weighted by atomic mass is 9.83. The topological polar surface area (TPSA) is 239 Å². The zero-order chi connectivity index (χ0) is 35.4. The summed E-state index contributed by atoms with van der Waals surface area (Å²) in [5, 5.41) is 70.1. The van der Waals surface area contributed by atoms with Gasteiger partial charge >= 0.3 is 17.9 Å². The summed E-state index contributed by atoms with van der Waals surface area (Å²) in [5.74, 6) is -5.38. The molecule has 7 N–H and O–H groups in total. The molecular weight excluding hydrogens is 648 g/mol. The number of carboxylic acids is 1. The van der Waals surface area contributed by atoms with E-state index in [2.05, 4.69) is 0 Å². The number of carboxylic acid groups (broad SMARTS) is 1. The van der Waals surface area contributed by atoms with Gasteiger partial charge in [0, 0.05) is 29.9 Å². The Labute approximate surface area is 279 Å². The molecule has 0 spiro atoms. The Bertz CT molecular complexity index is 1620. The zero-order valence-corrected chi connectivity index (χ0v) is 26.0. The van der Waals surface area contributed by atoms with Gasteiger partial charge in [-0.1, -0.05) is 25.1 Å². The molecule has 0 radical (unpaired) electrons. The van der Waals surface area contributed by atoms with E-state index in [0.29, 0.717) is 11.1 Å². The predicted molar refractivity (Wildman–Crippen MR) is 166 cm³/mol. The van der Waals surface area contributed by atoms with E-state index in [9.17, 15) is 50.1 Å². The Kier molecular flexibility index (Phi) is 10.9. The van der Waals surface area contributed by atoms with Crippen LogP contribution in [0.4, 0.5) is 0 Å². The van der Waals surface area contributed by atoms with Crippen molar-refractivity contribution in [1.29, 1.82) is 0 Å². The quantitative estimate of drug-likeness (QED) is 0.106. The fourth-order valence-electron chi connectivity index (χ4n) is 6.07. The first-order valence-corrected chi connectivity index (χ1v) is 15.3. The fraction of sp³-hybridized carbons (Fsp3) is 0.382. The van der Waals surface area contributed by atoms with Crippen LogP contribution in [0.2, 0.25) is 0 Å². The van der Waals surface area contributed by atoms with Crippen LogP contribution in [-0.4, -0.2) is 103 Å². The molecule has 262 valence electrons. The third-order valence-corrected chi connectivity index (χ3v) is 8.74. The van der Waals surface area contributed by atoms with Crippen LogP contribution in [-0.2, 0) is 38.1 Å². The van der Waals surface area contributed by atoms with Crippen molar-refractivity contribution >= 4 is 30.1 Å². The maximum atomic E-state index is 12.7. The molecule has 2 heterocycles. The molecule has 1 saturated heterocycles. The lowest BCUT2D eigenvalue weighted by Crippen LogP contribution is -2.60. The first-order chi connectivity index (χ1) is 23.3. The Morgan fingerprint density at radius 1 is 0.857 bits per heavy atom. The number of phenols is 3. The summed E-state index contributed by atoms with van der Waals surface area (Å²) in [6.07, 6.45) is -4.08. The highest BCUT2D eigenvalue weighted by Gasteiger charge is 2.54. The maximum absolute atomic E-state index is 12.7. The standard InChI is InChI=1S/C34H36O15/c1-16-24(47-27(39)11-5-17-2-7-19(35)8-3-17)13-20-21(32(43)44)14-46-33(28(16)20)49-34-31(42)30(41)29(40)25(48-34)15-45-26(38)10-6-18-4-9-22(36)23(37)12-18/h2-12,14,16,20,24-25,28-31,33-37,40-42H,13,15H2,1H3,(H,43,44)/t16-,20-,24+,25-,28-,29-,30+,31-,33+,34+/m1/s1. The number of aliphatic carboxylic acids is 1. The number of phenolic OH excluding ortho intramolecular Hbond substituents is 3. The Morgan fingerprint density at radius 2 is 1.53 bits per heavy atom. The van der Waals surface area contributed by atoms with E-state index >= 15 is 0 Å². The van der Waals surface area contributed by atoms with Gasteiger partial charge in [-0.2, -0.15) is 0 Å². The van der Waals surface area contributed by atoms with Gasteiger partial charge in [-0.25, -0.2) is 14.4 Å². The number of ether oxygens (including phenoxy) is 5. The van der Waals surface area contributed by atoms with E-state index in [-0.39, 0.29) is 23.5 Å². The Balaban J connectivity index is 1.23. The minimum atomic E-state index is -1.79. The first-order valence-electron chi connectivity index (χ1n) is 15.3. The largest absolute Gasteiger partial charge is 0.508 e. The smallest absolute Gasteiger partial charge is 0.334 e. The average molecular weight is 685 g/mol. The number of aromatic hydroxyl groups is 3. The molecule has 1 aliphatic carbocycles. The first kappa shape index (κ1) is 35.4. The lowest BCUT2D eigenvalue weighted by Gasteiger charge is -2.43. The SMILES string of the molecule is C[C@H]1[C@H]2[C@H](O[C@@H]3O[C@H](COC(=O)C=Cc4ccc(O)c(O)c4)[C@@H](O)[C@H](O)[C@H]3O)OC=C(C(=O)O)[C@H]2C[C@@H]1OC(=O)C=Cc1ccc(O)cc1. The molecule has 10 atom stereocenters. The van der Waals surface area contributed by atoms with Crippen LogP contribution >= 0.6 is 0 Å². The average Bonchev–Trinajstić information content (AvgIpc) is 3.39. The molecule has 0 bridgehead atoms. The minimum absolute atomic E-state index is 0.0675. The molecule has 2 fully saturated rings. The number of benzene rings is 2. The van der Waals surface area contributed by atoms with Crippen LogP contribution in [0.3, 0.4) is 0 Å². The fourth-order valence-corrected chi connectivity index (χ4v) is 6.07. The summed E-state index contributed by atoms with van der Waals surface area (Å²) in [4.78, 5) is 37.0. The monoisotopic (exact) mass is 684 g/mol. The van der Waals surface area contributed by atoms with Gasteiger partial charge in [0.15, 0.2) is 17.8 Å². The van der Waals surface area contributed by atoms with Crippen molar-refractivity contribution in [2.75, 3.05) is 6.61 Å². The number of fused-ring (bicyclic) bond motifs is 1. The van der Waals surface area contributed by atoms with Crippen molar-refractivity contribution in [1.82, 2.24) is 0 Å². The second kappa shape index (κ2) is 15.1. The van der Waals surface area contributed by atoms with E-state index in [1.165, 1.54) is 48.6 Å². The molecule has 0 aromatic heterocycles. The Hall–Kier alpha value is -4.93. The number of hydrogen-bond donors (Lipinski definition) is 7. The number of aliphatic hydroxyl groups is 3. The van der Waals surface area contributed by atoms with Crippen LogP contribution in [0.15, 0.2) is 66.5 Å². The van der Waals surface area contributed by atoms with Gasteiger partial charge in [0.1, 0.15) is 42.9 Å². The van der Waals surface area contributed by atoms with E-state index < -0.39 is 91.1 Å². The molecule has 3 aliphatic rings. The molecular formula is C34H36O15. The van der Waals surface area contributed by atoms with Gasteiger partial charge in [0.2, 0.25) is 6.29 Å². The van der Waals surface area contributed by atoms with Gasteiger partial charge < -0.3 is 59.4 Å². The van der Waals surface area contributed by atoms with Crippen molar-refractivity contribution in [3.8, 4) is 17.2 Å². The van der Waals surface area contributed by atoms with Crippen molar-refractivity contribution < 1.29 is 73.8 Å². The summed E-state index contributed by atoms with van der Waals surface area (Å²) >= 11 is 0. The summed E-state index contributed by atoms with van der Waals surface area (Å²) in [5.41, 5.74) is 0.942. The molecule has 5 rings (SSSR count). The van der Waals surface area contributed by atoms with E-state index in [1.807, 2.05) is 0 Å². The number of carbonyl (C=O) groups is 3. The maximum Gasteiger partial charge on any atom is 0.334 e. The van der Waals surface area contributed by atoms with Crippen LogP contribution in [0.1, 0.15) is 24.5 Å². The third-order valence-electron chi connectivity index (χ3n) is 8.74. The normalized spacial score (nSPS) is 31.1. The summed E-state index contributed by atoms with van der Waals surface area (Å²) < 4.78 is 28.1. The number of carbonyl (C=O) groups excluding carboxylic acids is 2. The Morgan fingerprint density at radius 3 is 2.22 bits per heavy atom. The van der Waals surface area contributed by atoms with Crippen LogP contribution in [0, 0.1) is 17.8 Å². The van der Waals surface area contributed by atoms with Crippen molar-refractivity contribution in [3.05, 3.63) is 77.6 Å². The summed E-state index contributed by atoms with van der Waals surface area (Å²) in [6, 6.07) is 10.0. The highest BCUT2D eigenvalue weighted by molar-refractivity contribution is 5.88. The van der Waals surface area contributed by atoms with Crippen LogP contribution < -0.4 is 0 Å². The van der Waals surface area contributed by atoms with Gasteiger partial charge in [-0.15, -0.1) is 0 Å². The molecule has 0 amide bonds. The second-order valence-corrected chi connectivity index (χ2v) is 11.9. The van der Waals surface area contributed by atoms with E-state index in [4.69, 9.17) is 23.7 Å². The molecule has 2 aliphatic heterocycles. The van der Waals surface area contributed by atoms with Gasteiger partial charge in [0.25, 0.3) is 0 Å². The number of rotatable bonds is 10. The molecule has 15 nitrogen and oxygen atoms in total.